The van der Waals surface area contributed by atoms with Crippen LogP contribution in [0.25, 0.3) is 5.69 Å². The lowest BCUT2D eigenvalue weighted by Gasteiger charge is -2.17. The van der Waals surface area contributed by atoms with E-state index in [1.807, 2.05) is 48.7 Å². The van der Waals surface area contributed by atoms with Crippen LogP contribution in [-0.2, 0) is 0 Å². The van der Waals surface area contributed by atoms with Gasteiger partial charge in [0.1, 0.15) is 5.75 Å². The van der Waals surface area contributed by atoms with Crippen LogP contribution in [0, 0.1) is 0 Å². The van der Waals surface area contributed by atoms with Crippen molar-refractivity contribution in [3.05, 3.63) is 71.9 Å². The van der Waals surface area contributed by atoms with Crippen LogP contribution in [0.2, 0.25) is 0 Å². The Labute approximate surface area is 163 Å². The fourth-order valence-corrected chi connectivity index (χ4v) is 4.77. The van der Waals surface area contributed by atoms with Gasteiger partial charge in [-0.25, -0.2) is 0 Å². The zero-order valence-corrected chi connectivity index (χ0v) is 15.8. The van der Waals surface area contributed by atoms with Gasteiger partial charge in [0.2, 0.25) is 5.91 Å². The van der Waals surface area contributed by atoms with Gasteiger partial charge in [-0.15, -0.1) is 0 Å². The zero-order chi connectivity index (χ0) is 18.8. The molecule has 3 aromatic rings. The third kappa shape index (κ3) is 3.60. The molecule has 138 valence electrons. The Balaban J connectivity index is 1.72. The molecule has 1 aromatic heterocycles. The number of carbonyl (C=O) groups excluding carboxylic acids is 1. The first-order valence-electron chi connectivity index (χ1n) is 9.21. The van der Waals surface area contributed by atoms with Crippen LogP contribution in [0.1, 0.15) is 47.5 Å². The van der Waals surface area contributed by atoms with E-state index in [9.17, 15) is 9.90 Å². The first-order valence-corrected chi connectivity index (χ1v) is 10.0. The maximum absolute atomic E-state index is 11.9. The molecule has 0 aliphatic heterocycles. The van der Waals surface area contributed by atoms with Gasteiger partial charge >= 0.3 is 0 Å². The summed E-state index contributed by atoms with van der Waals surface area (Å²) in [5.74, 6) is 0.308. The van der Waals surface area contributed by atoms with Crippen molar-refractivity contribution in [2.75, 3.05) is 0 Å². The van der Waals surface area contributed by atoms with Gasteiger partial charge in [-0.3, -0.25) is 4.79 Å². The monoisotopic (exact) mass is 378 g/mol. The molecule has 1 aliphatic rings. The summed E-state index contributed by atoms with van der Waals surface area (Å²) in [6, 6.07) is 17.2. The molecule has 1 fully saturated rings. The quantitative estimate of drug-likeness (QED) is 0.650. The number of aromatic nitrogens is 1. The van der Waals surface area contributed by atoms with E-state index in [0.717, 1.165) is 34.0 Å². The van der Waals surface area contributed by atoms with E-state index in [1.54, 1.807) is 6.07 Å². The van der Waals surface area contributed by atoms with Gasteiger partial charge in [0, 0.05) is 17.4 Å². The van der Waals surface area contributed by atoms with Gasteiger partial charge in [0.15, 0.2) is 0 Å². The minimum absolute atomic E-state index is 0.269. The second-order valence-corrected chi connectivity index (χ2v) is 7.97. The second-order valence-electron chi connectivity index (χ2n) is 6.90. The number of nitrogens with two attached hydrogens (primary N) is 1. The minimum Gasteiger partial charge on any atom is -0.507 e. The molecule has 0 spiro atoms. The molecule has 0 radical (unpaired) electrons. The smallest absolute Gasteiger partial charge is 0.248 e. The highest BCUT2D eigenvalue weighted by Crippen LogP contribution is 2.38. The molecular formula is C22H22N2O2S. The number of rotatable bonds is 5. The summed E-state index contributed by atoms with van der Waals surface area (Å²) >= 11 is 1.51. The van der Waals surface area contributed by atoms with Gasteiger partial charge < -0.3 is 15.4 Å². The molecular weight excluding hydrogens is 356 g/mol. The molecule has 3 N–H and O–H groups in total. The number of amides is 1. The Bertz CT molecular complexity index is 974. The van der Waals surface area contributed by atoms with Crippen molar-refractivity contribution in [2.24, 2.45) is 5.73 Å². The second kappa shape index (κ2) is 7.53. The number of phenolic OH excluding ortho intramolecular Hbond substituents is 1. The number of benzene rings is 2. The van der Waals surface area contributed by atoms with E-state index in [-0.39, 0.29) is 11.7 Å². The van der Waals surface area contributed by atoms with Crippen molar-refractivity contribution in [1.82, 2.24) is 4.57 Å². The molecule has 4 nitrogen and oxygen atoms in total. The Morgan fingerprint density at radius 3 is 2.59 bits per heavy atom. The maximum Gasteiger partial charge on any atom is 0.248 e. The third-order valence-corrected chi connectivity index (χ3v) is 6.27. The van der Waals surface area contributed by atoms with Crippen LogP contribution >= 0.6 is 11.8 Å². The Hall–Kier alpha value is -2.66. The lowest BCUT2D eigenvalue weighted by molar-refractivity contribution is 0.0999. The maximum atomic E-state index is 11.9. The standard InChI is InChI=1S/C22H22N2O2S/c23-22(26)17-12-11-16(14-18(17)15-6-1-2-7-15)24-13-5-10-21(24)27-20-9-4-3-8-19(20)25/h3-5,8-15,25H,1-2,6-7H2,(H2,23,26). The van der Waals surface area contributed by atoms with Gasteiger partial charge in [0.05, 0.1) is 9.92 Å². The number of phenols is 1. The molecule has 2 aromatic carbocycles. The minimum atomic E-state index is -0.361. The molecule has 0 bridgehead atoms. The number of nitrogens with zero attached hydrogens (tertiary/aromatic N) is 1. The van der Waals surface area contributed by atoms with E-state index in [1.165, 1.54) is 24.6 Å². The van der Waals surface area contributed by atoms with E-state index in [0.29, 0.717) is 11.5 Å². The van der Waals surface area contributed by atoms with Crippen molar-refractivity contribution in [2.45, 2.75) is 41.5 Å². The number of hydrogen-bond acceptors (Lipinski definition) is 3. The highest BCUT2D eigenvalue weighted by Gasteiger charge is 2.22. The number of aromatic hydroxyl groups is 1. The lowest BCUT2D eigenvalue weighted by Crippen LogP contribution is -2.15. The summed E-state index contributed by atoms with van der Waals surface area (Å²) in [5, 5.41) is 11.1. The SMILES string of the molecule is NC(=O)c1ccc(-n2cccc2Sc2ccccc2O)cc1C1CCCC1. The van der Waals surface area contributed by atoms with Crippen LogP contribution in [0.3, 0.4) is 0 Å². The van der Waals surface area contributed by atoms with Crippen LogP contribution in [0.5, 0.6) is 5.75 Å². The molecule has 1 aliphatic carbocycles. The van der Waals surface area contributed by atoms with Crippen LogP contribution in [-0.4, -0.2) is 15.6 Å². The van der Waals surface area contributed by atoms with E-state index in [4.69, 9.17) is 5.73 Å². The van der Waals surface area contributed by atoms with Crippen molar-refractivity contribution < 1.29 is 9.90 Å². The zero-order valence-electron chi connectivity index (χ0n) is 15.0. The normalized spacial score (nSPS) is 14.5. The molecule has 5 heteroatoms. The number of carbonyl (C=O) groups is 1. The van der Waals surface area contributed by atoms with Gasteiger partial charge in [0.25, 0.3) is 0 Å². The fraction of sp³-hybridized carbons (Fsp3) is 0.227. The van der Waals surface area contributed by atoms with E-state index in [2.05, 4.69) is 10.6 Å². The van der Waals surface area contributed by atoms with Crippen molar-refractivity contribution >= 4 is 17.7 Å². The lowest BCUT2D eigenvalue weighted by atomic mass is 9.92. The van der Waals surface area contributed by atoms with Gasteiger partial charge in [-0.2, -0.15) is 0 Å². The molecule has 0 atom stereocenters. The summed E-state index contributed by atoms with van der Waals surface area (Å²) in [6.07, 6.45) is 6.61. The average Bonchev–Trinajstić information content (AvgIpc) is 3.35. The fourth-order valence-electron chi connectivity index (χ4n) is 3.82. The summed E-state index contributed by atoms with van der Waals surface area (Å²) in [4.78, 5) is 12.7. The molecule has 1 heterocycles. The summed E-state index contributed by atoms with van der Waals surface area (Å²) in [7, 11) is 0. The highest BCUT2D eigenvalue weighted by molar-refractivity contribution is 7.99. The predicted octanol–water partition coefficient (Wildman–Crippen LogP) is 5.09. The third-order valence-electron chi connectivity index (χ3n) is 5.16. The number of primary amides is 1. The van der Waals surface area contributed by atoms with Crippen LogP contribution in [0.15, 0.2) is 70.7 Å². The first kappa shape index (κ1) is 17.7. The molecule has 0 unspecified atom stereocenters. The Kier molecular flexibility index (Phi) is 4.94. The summed E-state index contributed by atoms with van der Waals surface area (Å²) < 4.78 is 2.08. The van der Waals surface area contributed by atoms with E-state index >= 15 is 0 Å². The predicted molar refractivity (Wildman–Crippen MR) is 108 cm³/mol. The topological polar surface area (TPSA) is 68.2 Å². The van der Waals surface area contributed by atoms with Crippen molar-refractivity contribution in [3.63, 3.8) is 0 Å². The average molecular weight is 378 g/mol. The summed E-state index contributed by atoms with van der Waals surface area (Å²) in [6.45, 7) is 0. The Morgan fingerprint density at radius 1 is 1.07 bits per heavy atom. The number of para-hydroxylation sites is 1. The molecule has 1 saturated carbocycles. The number of hydrogen-bond donors (Lipinski definition) is 2. The van der Waals surface area contributed by atoms with Gasteiger partial charge in [-0.05, 0) is 66.8 Å². The van der Waals surface area contributed by atoms with Crippen LogP contribution in [0.4, 0.5) is 0 Å². The molecule has 1 amide bonds. The van der Waals surface area contributed by atoms with Crippen molar-refractivity contribution in [3.8, 4) is 11.4 Å². The van der Waals surface area contributed by atoms with Crippen LogP contribution < -0.4 is 5.73 Å². The molecule has 4 rings (SSSR count). The molecule has 0 saturated heterocycles. The highest BCUT2D eigenvalue weighted by atomic mass is 32.2. The summed E-state index contributed by atoms with van der Waals surface area (Å²) in [5.41, 5.74) is 8.32. The first-order chi connectivity index (χ1) is 13.1. The largest absolute Gasteiger partial charge is 0.507 e. The van der Waals surface area contributed by atoms with Crippen molar-refractivity contribution in [1.29, 1.82) is 0 Å². The molecule has 27 heavy (non-hydrogen) atoms. The Morgan fingerprint density at radius 2 is 1.85 bits per heavy atom. The van der Waals surface area contributed by atoms with Gasteiger partial charge in [-0.1, -0.05) is 36.7 Å². The van der Waals surface area contributed by atoms with E-state index < -0.39 is 0 Å².